The van der Waals surface area contributed by atoms with E-state index >= 15 is 0 Å². The predicted octanol–water partition coefficient (Wildman–Crippen LogP) is 6.25. The Labute approximate surface area is 162 Å². The first-order valence-electron chi connectivity index (χ1n) is 6.47. The van der Waals surface area contributed by atoms with Gasteiger partial charge in [0, 0.05) is 20.4 Å². The summed E-state index contributed by atoms with van der Waals surface area (Å²) < 4.78 is 1.05. The zero-order chi connectivity index (χ0) is 15.4. The second-order valence-corrected chi connectivity index (χ2v) is 6.68. The highest BCUT2D eigenvalue weighted by atomic mass is 79.9. The summed E-state index contributed by atoms with van der Waals surface area (Å²) in [5, 5.41) is 7.65. The molecular formula is C16H12Br2ClN3S. The van der Waals surface area contributed by atoms with E-state index in [2.05, 4.69) is 31.4 Å². The average Bonchev–Trinajstić information content (AvgIpc) is 2.99. The van der Waals surface area contributed by atoms with E-state index in [0.717, 1.165) is 26.4 Å². The largest absolute Gasteiger partial charge is 0.253 e. The average molecular weight is 474 g/mol. The van der Waals surface area contributed by atoms with E-state index in [1.807, 2.05) is 53.9 Å². The third-order valence-corrected chi connectivity index (χ3v) is 4.42. The van der Waals surface area contributed by atoms with E-state index in [4.69, 9.17) is 11.6 Å². The van der Waals surface area contributed by atoms with E-state index in [0.29, 0.717) is 5.02 Å². The van der Waals surface area contributed by atoms with Gasteiger partial charge in [0.2, 0.25) is 5.13 Å². The molecule has 0 aliphatic rings. The third-order valence-electron chi connectivity index (χ3n) is 2.89. The molecule has 118 valence electrons. The topological polar surface area (TPSA) is 37.3 Å². The summed E-state index contributed by atoms with van der Waals surface area (Å²) in [4.78, 5) is 4.51. The van der Waals surface area contributed by atoms with Gasteiger partial charge in [-0.15, -0.1) is 28.3 Å². The molecule has 0 saturated carbocycles. The molecule has 3 rings (SSSR count). The quantitative estimate of drug-likeness (QED) is 0.359. The monoisotopic (exact) mass is 471 g/mol. The van der Waals surface area contributed by atoms with Crippen LogP contribution < -0.4 is 5.43 Å². The molecule has 0 aliphatic heterocycles. The van der Waals surface area contributed by atoms with Gasteiger partial charge in [-0.2, -0.15) is 5.10 Å². The van der Waals surface area contributed by atoms with Crippen LogP contribution in [0, 0.1) is 0 Å². The molecule has 3 aromatic rings. The molecule has 1 aromatic heterocycles. The molecule has 0 amide bonds. The Morgan fingerprint density at radius 3 is 2.48 bits per heavy atom. The molecule has 7 heteroatoms. The van der Waals surface area contributed by atoms with E-state index in [9.17, 15) is 0 Å². The number of nitrogens with zero attached hydrogens (tertiary/aromatic N) is 2. The first kappa shape index (κ1) is 18.1. The number of anilines is 1. The van der Waals surface area contributed by atoms with Crippen LogP contribution in [-0.2, 0) is 0 Å². The number of hydrazone groups is 1. The molecule has 0 radical (unpaired) electrons. The van der Waals surface area contributed by atoms with Crippen molar-refractivity contribution in [3.05, 3.63) is 69.0 Å². The minimum absolute atomic E-state index is 0. The van der Waals surface area contributed by atoms with Gasteiger partial charge in [0.15, 0.2) is 0 Å². The Balaban J connectivity index is 0.00000192. The van der Waals surface area contributed by atoms with Gasteiger partial charge in [0.1, 0.15) is 0 Å². The van der Waals surface area contributed by atoms with Crippen LogP contribution in [-0.4, -0.2) is 11.2 Å². The summed E-state index contributed by atoms with van der Waals surface area (Å²) in [6.07, 6.45) is 1.73. The van der Waals surface area contributed by atoms with Crippen molar-refractivity contribution in [3.8, 4) is 11.3 Å². The van der Waals surface area contributed by atoms with Crippen LogP contribution in [0.5, 0.6) is 0 Å². The van der Waals surface area contributed by atoms with Crippen molar-refractivity contribution in [1.29, 1.82) is 0 Å². The van der Waals surface area contributed by atoms with Crippen molar-refractivity contribution in [1.82, 2.24) is 4.98 Å². The number of aromatic nitrogens is 1. The Hall–Kier alpha value is -1.21. The maximum absolute atomic E-state index is 5.84. The lowest BCUT2D eigenvalue weighted by Gasteiger charge is -1.97. The van der Waals surface area contributed by atoms with Crippen molar-refractivity contribution in [2.45, 2.75) is 0 Å². The Morgan fingerprint density at radius 1 is 1.09 bits per heavy atom. The molecule has 3 nitrogen and oxygen atoms in total. The number of thiazole rings is 1. The van der Waals surface area contributed by atoms with Crippen LogP contribution in [0.15, 0.2) is 63.5 Å². The predicted molar refractivity (Wildman–Crippen MR) is 108 cm³/mol. The first-order valence-corrected chi connectivity index (χ1v) is 8.52. The van der Waals surface area contributed by atoms with Gasteiger partial charge in [-0.05, 0) is 29.8 Å². The minimum Gasteiger partial charge on any atom is -0.253 e. The first-order chi connectivity index (χ1) is 10.7. The molecule has 0 fully saturated rings. The Bertz CT molecular complexity index is 786. The molecule has 1 heterocycles. The zero-order valence-corrected chi connectivity index (χ0v) is 16.6. The SMILES string of the molecule is Br.Clc1ccc(C=NNc2nc(-c3ccc(Br)cc3)cs2)cc1. The summed E-state index contributed by atoms with van der Waals surface area (Å²) in [5.41, 5.74) is 5.93. The standard InChI is InChI=1S/C16H11BrClN3S.BrH/c17-13-5-3-12(4-6-13)15-10-22-16(20-15)21-19-9-11-1-7-14(18)8-2-11;/h1-10H,(H,20,21);1H. The molecule has 0 aliphatic carbocycles. The van der Waals surface area contributed by atoms with E-state index in [1.54, 1.807) is 6.21 Å². The van der Waals surface area contributed by atoms with Crippen LogP contribution >= 0.6 is 55.8 Å². The van der Waals surface area contributed by atoms with Gasteiger partial charge >= 0.3 is 0 Å². The summed E-state index contributed by atoms with van der Waals surface area (Å²) in [6, 6.07) is 15.5. The fourth-order valence-corrected chi connectivity index (χ4v) is 2.85. The van der Waals surface area contributed by atoms with Crippen LogP contribution in [0.25, 0.3) is 11.3 Å². The smallest absolute Gasteiger partial charge is 0.203 e. The van der Waals surface area contributed by atoms with Crippen LogP contribution in [0.1, 0.15) is 5.56 Å². The van der Waals surface area contributed by atoms with Gasteiger partial charge in [0.05, 0.1) is 11.9 Å². The van der Waals surface area contributed by atoms with Gasteiger partial charge in [-0.25, -0.2) is 4.98 Å². The summed E-state index contributed by atoms with van der Waals surface area (Å²) >= 11 is 10.8. The Morgan fingerprint density at radius 2 is 1.78 bits per heavy atom. The second kappa shape index (κ2) is 8.59. The highest BCUT2D eigenvalue weighted by Crippen LogP contribution is 2.26. The lowest BCUT2D eigenvalue weighted by atomic mass is 10.2. The Kier molecular flexibility index (Phi) is 6.77. The zero-order valence-electron chi connectivity index (χ0n) is 11.7. The van der Waals surface area contributed by atoms with Crippen molar-refractivity contribution in [2.24, 2.45) is 5.10 Å². The fourth-order valence-electron chi connectivity index (χ4n) is 1.79. The van der Waals surface area contributed by atoms with Crippen molar-refractivity contribution >= 4 is 67.2 Å². The summed E-state index contributed by atoms with van der Waals surface area (Å²) in [6.45, 7) is 0. The maximum Gasteiger partial charge on any atom is 0.203 e. The van der Waals surface area contributed by atoms with Crippen molar-refractivity contribution in [3.63, 3.8) is 0 Å². The van der Waals surface area contributed by atoms with Crippen LogP contribution in [0.2, 0.25) is 5.02 Å². The molecule has 0 unspecified atom stereocenters. The van der Waals surface area contributed by atoms with Gasteiger partial charge in [-0.1, -0.05) is 51.8 Å². The van der Waals surface area contributed by atoms with E-state index in [-0.39, 0.29) is 17.0 Å². The number of hydrogen-bond acceptors (Lipinski definition) is 4. The second-order valence-electron chi connectivity index (χ2n) is 4.47. The molecule has 2 aromatic carbocycles. The minimum atomic E-state index is 0. The number of halogens is 3. The molecule has 23 heavy (non-hydrogen) atoms. The lowest BCUT2D eigenvalue weighted by Crippen LogP contribution is -1.90. The maximum atomic E-state index is 5.84. The highest BCUT2D eigenvalue weighted by Gasteiger charge is 2.03. The van der Waals surface area contributed by atoms with Crippen molar-refractivity contribution < 1.29 is 0 Å². The number of rotatable bonds is 4. The molecule has 0 atom stereocenters. The van der Waals surface area contributed by atoms with Gasteiger partial charge in [-0.3, -0.25) is 5.43 Å². The summed E-state index contributed by atoms with van der Waals surface area (Å²) in [7, 11) is 0. The number of hydrogen-bond donors (Lipinski definition) is 1. The van der Waals surface area contributed by atoms with Gasteiger partial charge < -0.3 is 0 Å². The molecule has 1 N–H and O–H groups in total. The van der Waals surface area contributed by atoms with Crippen molar-refractivity contribution in [2.75, 3.05) is 5.43 Å². The molecular weight excluding hydrogens is 462 g/mol. The van der Waals surface area contributed by atoms with Gasteiger partial charge in [0.25, 0.3) is 0 Å². The molecule has 0 saturated heterocycles. The number of benzene rings is 2. The third kappa shape index (κ3) is 5.14. The molecule has 0 bridgehead atoms. The van der Waals surface area contributed by atoms with E-state index < -0.39 is 0 Å². The van der Waals surface area contributed by atoms with Crippen LogP contribution in [0.4, 0.5) is 5.13 Å². The number of nitrogens with one attached hydrogen (secondary N) is 1. The van der Waals surface area contributed by atoms with E-state index in [1.165, 1.54) is 11.3 Å². The highest BCUT2D eigenvalue weighted by molar-refractivity contribution is 9.10. The summed E-state index contributed by atoms with van der Waals surface area (Å²) in [5.74, 6) is 0. The fraction of sp³-hybridized carbons (Fsp3) is 0. The normalized spacial score (nSPS) is 10.5. The van der Waals surface area contributed by atoms with Crippen LogP contribution in [0.3, 0.4) is 0 Å². The molecule has 0 spiro atoms. The lowest BCUT2D eigenvalue weighted by molar-refractivity contribution is 1.29.